The van der Waals surface area contributed by atoms with Gasteiger partial charge in [-0.3, -0.25) is 4.79 Å². The van der Waals surface area contributed by atoms with Crippen molar-refractivity contribution >= 4 is 17.6 Å². The van der Waals surface area contributed by atoms with Gasteiger partial charge in [0, 0.05) is 6.54 Å². The zero-order chi connectivity index (χ0) is 14.3. The van der Waals surface area contributed by atoms with Crippen molar-refractivity contribution in [1.29, 1.82) is 0 Å². The Labute approximate surface area is 118 Å². The van der Waals surface area contributed by atoms with Gasteiger partial charge in [0.25, 0.3) is 0 Å². The maximum atomic E-state index is 11.1. The second-order valence-electron chi connectivity index (χ2n) is 4.43. The van der Waals surface area contributed by atoms with E-state index in [-0.39, 0.29) is 5.92 Å². The van der Waals surface area contributed by atoms with E-state index in [9.17, 15) is 4.79 Å². The van der Waals surface area contributed by atoms with Gasteiger partial charge in [-0.05, 0) is 18.1 Å². The molecular weight excluding hydrogens is 266 g/mol. The molecule has 0 saturated carbocycles. The van der Waals surface area contributed by atoms with Crippen molar-refractivity contribution in [3.05, 3.63) is 29.3 Å². The summed E-state index contributed by atoms with van der Waals surface area (Å²) in [6.07, 6.45) is 0.815. The van der Waals surface area contributed by atoms with E-state index in [1.54, 1.807) is 12.1 Å². The lowest BCUT2D eigenvalue weighted by molar-refractivity contribution is -0.140. The Balaban J connectivity index is 2.37. The molecule has 0 bridgehead atoms. The minimum absolute atomic E-state index is 0.0813. The molecule has 1 rings (SSSR count). The zero-order valence-electron chi connectivity index (χ0n) is 11.2. The highest BCUT2D eigenvalue weighted by Gasteiger charge is 2.22. The SMILES string of the molecule is CC[C@H](C)[C@H](NCCOc1ccccc1Cl)C(=O)O. The summed E-state index contributed by atoms with van der Waals surface area (Å²) in [5.41, 5.74) is 0. The molecule has 1 aromatic rings. The molecule has 0 aliphatic carbocycles. The van der Waals surface area contributed by atoms with Crippen molar-refractivity contribution in [2.45, 2.75) is 26.3 Å². The maximum Gasteiger partial charge on any atom is 0.320 e. The van der Waals surface area contributed by atoms with E-state index in [0.29, 0.717) is 23.9 Å². The van der Waals surface area contributed by atoms with Crippen LogP contribution in [0.4, 0.5) is 0 Å². The van der Waals surface area contributed by atoms with E-state index >= 15 is 0 Å². The smallest absolute Gasteiger partial charge is 0.320 e. The lowest BCUT2D eigenvalue weighted by Gasteiger charge is -2.20. The van der Waals surface area contributed by atoms with Gasteiger partial charge >= 0.3 is 5.97 Å². The molecule has 0 aromatic heterocycles. The van der Waals surface area contributed by atoms with Crippen LogP contribution in [0.15, 0.2) is 24.3 Å². The molecule has 0 heterocycles. The van der Waals surface area contributed by atoms with Crippen molar-refractivity contribution in [3.63, 3.8) is 0 Å². The molecule has 0 aliphatic heterocycles. The number of nitrogens with one attached hydrogen (secondary N) is 1. The van der Waals surface area contributed by atoms with Crippen LogP contribution in [0.2, 0.25) is 5.02 Å². The fourth-order valence-corrected chi connectivity index (χ4v) is 1.90. The molecule has 0 aliphatic rings. The predicted octanol–water partition coefficient (Wildman–Crippen LogP) is 2.81. The molecule has 1 aromatic carbocycles. The minimum atomic E-state index is -0.827. The van der Waals surface area contributed by atoms with Crippen LogP contribution in [0, 0.1) is 5.92 Å². The number of ether oxygens (including phenoxy) is 1. The van der Waals surface area contributed by atoms with E-state index < -0.39 is 12.0 Å². The minimum Gasteiger partial charge on any atom is -0.491 e. The summed E-state index contributed by atoms with van der Waals surface area (Å²) < 4.78 is 5.49. The van der Waals surface area contributed by atoms with Crippen molar-refractivity contribution in [1.82, 2.24) is 5.32 Å². The van der Waals surface area contributed by atoms with Crippen LogP contribution >= 0.6 is 11.6 Å². The van der Waals surface area contributed by atoms with Gasteiger partial charge in [-0.1, -0.05) is 44.0 Å². The lowest BCUT2D eigenvalue weighted by atomic mass is 9.99. The fraction of sp³-hybridized carbons (Fsp3) is 0.500. The second-order valence-corrected chi connectivity index (χ2v) is 4.84. The number of hydrogen-bond donors (Lipinski definition) is 2. The van der Waals surface area contributed by atoms with Gasteiger partial charge in [-0.15, -0.1) is 0 Å². The van der Waals surface area contributed by atoms with Crippen molar-refractivity contribution < 1.29 is 14.6 Å². The Morgan fingerprint density at radius 2 is 2.16 bits per heavy atom. The van der Waals surface area contributed by atoms with Crippen molar-refractivity contribution in [2.24, 2.45) is 5.92 Å². The maximum absolute atomic E-state index is 11.1. The molecular formula is C14H20ClNO3. The molecule has 0 saturated heterocycles. The number of para-hydroxylation sites is 1. The predicted molar refractivity (Wildman–Crippen MR) is 75.8 cm³/mol. The number of aliphatic carboxylic acids is 1. The van der Waals surface area contributed by atoms with Crippen LogP contribution in [-0.2, 0) is 4.79 Å². The lowest BCUT2D eigenvalue weighted by Crippen LogP contribution is -2.43. The quantitative estimate of drug-likeness (QED) is 0.721. The molecule has 5 heteroatoms. The normalized spacial score (nSPS) is 13.8. The molecule has 19 heavy (non-hydrogen) atoms. The first-order valence-electron chi connectivity index (χ1n) is 6.39. The van der Waals surface area contributed by atoms with E-state index in [1.807, 2.05) is 26.0 Å². The highest BCUT2D eigenvalue weighted by molar-refractivity contribution is 6.32. The summed E-state index contributed by atoms with van der Waals surface area (Å²) in [6.45, 7) is 4.74. The third-order valence-electron chi connectivity index (χ3n) is 3.04. The standard InChI is InChI=1S/C14H20ClNO3/c1-3-10(2)13(14(17)18)16-8-9-19-12-7-5-4-6-11(12)15/h4-7,10,13,16H,3,8-9H2,1-2H3,(H,17,18)/t10-,13-/m0/s1. The third kappa shape index (κ3) is 5.09. The number of carboxylic acid groups (broad SMARTS) is 1. The van der Waals surface area contributed by atoms with Gasteiger partial charge in [-0.25, -0.2) is 0 Å². The topological polar surface area (TPSA) is 58.6 Å². The van der Waals surface area contributed by atoms with E-state index in [2.05, 4.69) is 5.32 Å². The van der Waals surface area contributed by atoms with Gasteiger partial charge in [0.2, 0.25) is 0 Å². The van der Waals surface area contributed by atoms with Gasteiger partial charge in [0.1, 0.15) is 18.4 Å². The van der Waals surface area contributed by atoms with Crippen molar-refractivity contribution in [3.8, 4) is 5.75 Å². The summed E-state index contributed by atoms with van der Waals surface area (Å²) in [5, 5.41) is 12.7. The van der Waals surface area contributed by atoms with E-state index in [0.717, 1.165) is 6.42 Å². The molecule has 2 atom stereocenters. The van der Waals surface area contributed by atoms with Gasteiger partial charge in [0.15, 0.2) is 0 Å². The van der Waals surface area contributed by atoms with Crippen LogP contribution in [0.3, 0.4) is 0 Å². The average Bonchev–Trinajstić information content (AvgIpc) is 2.39. The summed E-state index contributed by atoms with van der Waals surface area (Å²) >= 11 is 5.95. The summed E-state index contributed by atoms with van der Waals surface area (Å²) in [5.74, 6) is -0.133. The fourth-order valence-electron chi connectivity index (χ4n) is 1.70. The first-order valence-corrected chi connectivity index (χ1v) is 6.77. The molecule has 0 unspecified atom stereocenters. The Morgan fingerprint density at radius 1 is 1.47 bits per heavy atom. The third-order valence-corrected chi connectivity index (χ3v) is 3.35. The van der Waals surface area contributed by atoms with Crippen LogP contribution in [-0.4, -0.2) is 30.3 Å². The van der Waals surface area contributed by atoms with Crippen LogP contribution in [0.25, 0.3) is 0 Å². The highest BCUT2D eigenvalue weighted by atomic mass is 35.5. The summed E-state index contributed by atoms with van der Waals surface area (Å²) in [4.78, 5) is 11.1. The Morgan fingerprint density at radius 3 is 2.74 bits per heavy atom. The number of carbonyl (C=O) groups is 1. The molecule has 4 nitrogen and oxygen atoms in total. The van der Waals surface area contributed by atoms with Crippen molar-refractivity contribution in [2.75, 3.05) is 13.2 Å². The average molecular weight is 286 g/mol. The Hall–Kier alpha value is -1.26. The zero-order valence-corrected chi connectivity index (χ0v) is 12.0. The van der Waals surface area contributed by atoms with E-state index in [1.165, 1.54) is 0 Å². The summed E-state index contributed by atoms with van der Waals surface area (Å²) in [6, 6.07) is 6.67. The van der Waals surface area contributed by atoms with Crippen LogP contribution in [0.5, 0.6) is 5.75 Å². The first-order chi connectivity index (χ1) is 9.06. The highest BCUT2D eigenvalue weighted by Crippen LogP contribution is 2.22. The molecule has 0 fully saturated rings. The van der Waals surface area contributed by atoms with Gasteiger partial charge in [0.05, 0.1) is 5.02 Å². The van der Waals surface area contributed by atoms with Crippen LogP contribution in [0.1, 0.15) is 20.3 Å². The van der Waals surface area contributed by atoms with Gasteiger partial charge in [-0.2, -0.15) is 0 Å². The number of halogens is 1. The summed E-state index contributed by atoms with van der Waals surface area (Å²) in [7, 11) is 0. The number of hydrogen-bond acceptors (Lipinski definition) is 3. The van der Waals surface area contributed by atoms with E-state index in [4.69, 9.17) is 21.4 Å². The monoisotopic (exact) mass is 285 g/mol. The number of benzene rings is 1. The second kappa shape index (κ2) is 8.02. The van der Waals surface area contributed by atoms with Gasteiger partial charge < -0.3 is 15.2 Å². The number of rotatable bonds is 8. The molecule has 0 amide bonds. The first kappa shape index (κ1) is 15.8. The Bertz CT molecular complexity index is 411. The number of carboxylic acids is 1. The largest absolute Gasteiger partial charge is 0.491 e. The van der Waals surface area contributed by atoms with Crippen LogP contribution < -0.4 is 10.1 Å². The molecule has 2 N–H and O–H groups in total. The molecule has 0 spiro atoms. The molecule has 0 radical (unpaired) electrons. The molecule has 106 valence electrons. The Kier molecular flexibility index (Phi) is 6.67.